The van der Waals surface area contributed by atoms with Crippen molar-refractivity contribution >= 4 is 30.4 Å². The van der Waals surface area contributed by atoms with Crippen LogP contribution in [0.3, 0.4) is 0 Å². The fourth-order valence-corrected chi connectivity index (χ4v) is 8.05. The van der Waals surface area contributed by atoms with E-state index >= 15 is 0 Å². The van der Waals surface area contributed by atoms with Crippen LogP contribution in [-0.2, 0) is 58.0 Å². The SMILES string of the molecule is CC(C)C(n1cc[n+](C)c1)S(=O)(=O)O.CC(C)c1ccc(-n2cc[n+](C)c2)c(S(=O)(=O)O)c1.CC(C)c1ccc(Cn2cc[n+](C)c2)c(S(=O)(=O)O)c1. The third-order valence-corrected chi connectivity index (χ3v) is 11.4. The summed E-state index contributed by atoms with van der Waals surface area (Å²) in [5.41, 5.74) is 2.77. The van der Waals surface area contributed by atoms with E-state index in [0.29, 0.717) is 17.8 Å². The van der Waals surface area contributed by atoms with Gasteiger partial charge in [0.05, 0.1) is 21.1 Å². The Bertz CT molecular complexity index is 2340. The molecule has 3 N–H and O–H groups in total. The molecular formula is C35H51N6O9S3+3. The molecule has 0 saturated heterocycles. The Morgan fingerprint density at radius 1 is 0.623 bits per heavy atom. The van der Waals surface area contributed by atoms with Crippen molar-refractivity contribution in [2.75, 3.05) is 0 Å². The highest BCUT2D eigenvalue weighted by atomic mass is 32.2. The van der Waals surface area contributed by atoms with Crippen LogP contribution in [0.4, 0.5) is 0 Å². The summed E-state index contributed by atoms with van der Waals surface area (Å²) in [5, 5.41) is -0.913. The van der Waals surface area contributed by atoms with E-state index in [4.69, 9.17) is 4.55 Å². The van der Waals surface area contributed by atoms with Crippen molar-refractivity contribution in [2.45, 2.75) is 75.1 Å². The van der Waals surface area contributed by atoms with Gasteiger partial charge in [0.25, 0.3) is 20.2 Å². The molecule has 18 heteroatoms. The summed E-state index contributed by atoms with van der Waals surface area (Å²) in [7, 11) is -7.02. The quantitative estimate of drug-likeness (QED) is 0.140. The van der Waals surface area contributed by atoms with E-state index in [1.807, 2.05) is 81.8 Å². The van der Waals surface area contributed by atoms with Gasteiger partial charge in [-0.15, -0.1) is 0 Å². The molecule has 3 heterocycles. The molecule has 0 bridgehead atoms. The molecule has 2 aromatic carbocycles. The van der Waals surface area contributed by atoms with Crippen molar-refractivity contribution in [2.24, 2.45) is 27.1 Å². The van der Waals surface area contributed by atoms with Gasteiger partial charge in [0.1, 0.15) is 53.5 Å². The Morgan fingerprint density at radius 2 is 1.11 bits per heavy atom. The minimum atomic E-state index is -4.26. The van der Waals surface area contributed by atoms with Crippen LogP contribution in [0.5, 0.6) is 0 Å². The highest BCUT2D eigenvalue weighted by Crippen LogP contribution is 2.26. The second-order valence-corrected chi connectivity index (χ2v) is 18.1. The molecule has 0 amide bonds. The van der Waals surface area contributed by atoms with Crippen LogP contribution in [0.1, 0.15) is 75.4 Å². The van der Waals surface area contributed by atoms with Crippen molar-refractivity contribution in [3.63, 3.8) is 0 Å². The maximum Gasteiger partial charge on any atom is 0.307 e. The molecule has 5 rings (SSSR count). The first kappa shape index (κ1) is 43.2. The average molecular weight is 796 g/mol. The molecule has 0 radical (unpaired) electrons. The first-order chi connectivity index (χ1) is 24.4. The Labute approximate surface area is 312 Å². The summed E-state index contributed by atoms with van der Waals surface area (Å²) in [5.74, 6) is 0.210. The Hall–Kier alpha value is -4.20. The number of rotatable bonds is 10. The lowest BCUT2D eigenvalue weighted by molar-refractivity contribution is -0.671. The molecule has 15 nitrogen and oxygen atoms in total. The van der Waals surface area contributed by atoms with Gasteiger partial charge in [-0.1, -0.05) is 59.7 Å². The van der Waals surface area contributed by atoms with E-state index in [1.165, 1.54) is 10.6 Å². The summed E-state index contributed by atoms with van der Waals surface area (Å²) in [6, 6.07) is 10.3. The number of hydrogen-bond donors (Lipinski definition) is 3. The van der Waals surface area contributed by atoms with Crippen LogP contribution in [0.2, 0.25) is 0 Å². The van der Waals surface area contributed by atoms with E-state index < -0.39 is 35.7 Å². The molecule has 3 aromatic heterocycles. The minimum Gasteiger partial charge on any atom is -0.282 e. The molecule has 0 aliphatic heterocycles. The van der Waals surface area contributed by atoms with Crippen LogP contribution in [0.25, 0.3) is 5.69 Å². The monoisotopic (exact) mass is 795 g/mol. The molecule has 290 valence electrons. The standard InChI is InChI=1S/C14H18N2O3S.C13H16N2O3S.C8H14N2O3S/c1-11(2)12-4-5-13(14(8-12)20(17,18)19)9-16-7-6-15(3)10-16;1-10(2)11-4-5-12(13(8-11)19(16,17)18)15-7-6-14(3)9-15;1-7(2)8(14(11,12)13)10-5-4-9(3)6-10/h4-8,10-11H,9H2,1-3H3;4-10H,1-3H3;4-8H,1-3H3/p+3. The van der Waals surface area contributed by atoms with Gasteiger partial charge in [-0.25, -0.2) is 27.4 Å². The van der Waals surface area contributed by atoms with Crippen molar-refractivity contribution in [1.82, 2.24) is 13.7 Å². The zero-order valence-corrected chi connectivity index (χ0v) is 33.8. The highest BCUT2D eigenvalue weighted by Gasteiger charge is 2.32. The number of aromatic nitrogens is 6. The van der Waals surface area contributed by atoms with E-state index in [0.717, 1.165) is 11.1 Å². The summed E-state index contributed by atoms with van der Waals surface area (Å²) in [6.45, 7) is 11.8. The topological polar surface area (TPSA) is 190 Å². The maximum absolute atomic E-state index is 11.6. The van der Waals surface area contributed by atoms with Gasteiger partial charge in [-0.05, 0) is 41.2 Å². The van der Waals surface area contributed by atoms with Crippen LogP contribution in [-0.4, -0.2) is 52.6 Å². The Kier molecular flexibility index (Phi) is 14.1. The summed E-state index contributed by atoms with van der Waals surface area (Å²) < 4.78 is 107. The second kappa shape index (κ2) is 17.3. The first-order valence-electron chi connectivity index (χ1n) is 16.6. The molecule has 0 spiro atoms. The zero-order chi connectivity index (χ0) is 40.1. The van der Waals surface area contributed by atoms with Crippen molar-refractivity contribution in [3.8, 4) is 5.69 Å². The Balaban J connectivity index is 0.000000218. The van der Waals surface area contributed by atoms with Gasteiger partial charge in [0.15, 0.2) is 5.69 Å². The molecule has 0 aliphatic rings. The van der Waals surface area contributed by atoms with Crippen LogP contribution < -0.4 is 13.7 Å². The summed E-state index contributed by atoms with van der Waals surface area (Å²) >= 11 is 0. The number of benzene rings is 2. The molecule has 53 heavy (non-hydrogen) atoms. The van der Waals surface area contributed by atoms with Gasteiger partial charge >= 0.3 is 10.1 Å². The van der Waals surface area contributed by atoms with Crippen molar-refractivity contribution in [3.05, 3.63) is 109 Å². The van der Waals surface area contributed by atoms with Crippen LogP contribution in [0.15, 0.2) is 102 Å². The molecular weight excluding hydrogens is 745 g/mol. The Morgan fingerprint density at radius 3 is 1.53 bits per heavy atom. The number of aryl methyl sites for hydroxylation is 3. The van der Waals surface area contributed by atoms with E-state index in [-0.39, 0.29) is 27.5 Å². The molecule has 0 fully saturated rings. The van der Waals surface area contributed by atoms with E-state index in [2.05, 4.69) is 0 Å². The van der Waals surface area contributed by atoms with Gasteiger partial charge in [-0.2, -0.15) is 25.3 Å². The smallest absolute Gasteiger partial charge is 0.282 e. The number of nitrogens with zero attached hydrogens (tertiary/aromatic N) is 6. The summed E-state index contributed by atoms with van der Waals surface area (Å²) in [6.07, 6.45) is 15.8. The zero-order valence-electron chi connectivity index (χ0n) is 31.4. The molecule has 0 saturated carbocycles. The van der Waals surface area contributed by atoms with Crippen LogP contribution >= 0.6 is 0 Å². The largest absolute Gasteiger partial charge is 0.307 e. The molecule has 1 unspecified atom stereocenters. The lowest BCUT2D eigenvalue weighted by Gasteiger charge is -2.13. The minimum absolute atomic E-state index is 0.0138. The predicted octanol–water partition coefficient (Wildman–Crippen LogP) is 3.76. The fourth-order valence-electron chi connectivity index (χ4n) is 5.46. The summed E-state index contributed by atoms with van der Waals surface area (Å²) in [4.78, 5) is -0.0880. The van der Waals surface area contributed by atoms with Gasteiger partial charge in [0, 0.05) is 11.5 Å². The molecule has 0 aliphatic carbocycles. The number of hydrogen-bond acceptors (Lipinski definition) is 6. The van der Waals surface area contributed by atoms with E-state index in [9.17, 15) is 34.4 Å². The third-order valence-electron chi connectivity index (χ3n) is 8.15. The fraction of sp³-hybridized carbons (Fsp3) is 0.400. The van der Waals surface area contributed by atoms with Crippen LogP contribution in [0, 0.1) is 5.92 Å². The maximum atomic E-state index is 11.6. The first-order valence-corrected chi connectivity index (χ1v) is 21.0. The van der Waals surface area contributed by atoms with E-state index in [1.54, 1.807) is 90.2 Å². The lowest BCUT2D eigenvalue weighted by atomic mass is 10.0. The lowest BCUT2D eigenvalue weighted by Crippen LogP contribution is -2.28. The van der Waals surface area contributed by atoms with Crippen molar-refractivity contribution < 1.29 is 52.6 Å². The van der Waals surface area contributed by atoms with Gasteiger partial charge in [-0.3, -0.25) is 13.7 Å². The second-order valence-electron chi connectivity index (χ2n) is 13.8. The highest BCUT2D eigenvalue weighted by molar-refractivity contribution is 7.86. The van der Waals surface area contributed by atoms with Gasteiger partial charge < -0.3 is 0 Å². The average Bonchev–Trinajstić information content (AvgIpc) is 3.77. The van der Waals surface area contributed by atoms with Crippen molar-refractivity contribution in [1.29, 1.82) is 0 Å². The normalized spacial score (nSPS) is 12.7. The van der Waals surface area contributed by atoms with Gasteiger partial charge in [0.2, 0.25) is 24.4 Å². The number of imidazole rings is 3. The molecule has 5 aromatic rings. The predicted molar refractivity (Wildman–Crippen MR) is 197 cm³/mol. The third kappa shape index (κ3) is 12.2. The molecule has 1 atom stereocenters.